The molecule has 0 radical (unpaired) electrons. The molecule has 2 heterocycles. The Balaban J connectivity index is 1.28. The van der Waals surface area contributed by atoms with Crippen molar-refractivity contribution in [2.24, 2.45) is 10.4 Å². The van der Waals surface area contributed by atoms with E-state index >= 15 is 0 Å². The van der Waals surface area contributed by atoms with Crippen LogP contribution in [0, 0.1) is 5.41 Å². The summed E-state index contributed by atoms with van der Waals surface area (Å²) >= 11 is 0. The number of ether oxygens (including phenoxy) is 2. The monoisotopic (exact) mass is 498 g/mol. The van der Waals surface area contributed by atoms with E-state index in [1.807, 2.05) is 42.5 Å². The Morgan fingerprint density at radius 3 is 2.54 bits per heavy atom. The lowest BCUT2D eigenvalue weighted by Crippen LogP contribution is -2.49. The van der Waals surface area contributed by atoms with Gasteiger partial charge in [-0.2, -0.15) is 0 Å². The second kappa shape index (κ2) is 9.16. The molecule has 35 heavy (non-hydrogen) atoms. The highest BCUT2D eigenvalue weighted by Gasteiger charge is 2.50. The number of methoxy groups -OCH3 is 1. The molecule has 1 saturated heterocycles. The number of carbonyl (C=O) groups is 1. The first-order valence-electron chi connectivity index (χ1n) is 11.8. The van der Waals surface area contributed by atoms with Crippen LogP contribution in [-0.4, -0.2) is 76.0 Å². The number of fused-ring (bicyclic) bond motifs is 2. The second-order valence-corrected chi connectivity index (χ2v) is 11.2. The number of nitrogens with zero attached hydrogens (tertiary/aromatic N) is 3. The van der Waals surface area contributed by atoms with Gasteiger partial charge in [0.1, 0.15) is 23.0 Å². The minimum atomic E-state index is -3.54. The molecule has 2 fully saturated rings. The average Bonchev–Trinajstić information content (AvgIpc) is 3.65. The largest absolute Gasteiger partial charge is 0.497 e. The minimum absolute atomic E-state index is 0.365. The summed E-state index contributed by atoms with van der Waals surface area (Å²) in [5, 5.41) is 0. The molecule has 9 nitrogen and oxygen atoms in total. The first-order chi connectivity index (χ1) is 16.8. The summed E-state index contributed by atoms with van der Waals surface area (Å²) in [4.78, 5) is 22.0. The molecular formula is C25H30N4O5S. The van der Waals surface area contributed by atoms with Crippen molar-refractivity contribution in [3.05, 3.63) is 48.0 Å². The molecule has 2 aromatic rings. The number of amides is 1. The molecule has 0 spiro atoms. The number of hydrogen-bond acceptors (Lipinski definition) is 8. The summed E-state index contributed by atoms with van der Waals surface area (Å²) in [6.07, 6.45) is 3.16. The van der Waals surface area contributed by atoms with Crippen LogP contribution in [0.25, 0.3) is 0 Å². The number of hydrogen-bond donors (Lipinski definition) is 1. The minimum Gasteiger partial charge on any atom is -0.497 e. The van der Waals surface area contributed by atoms with E-state index < -0.39 is 15.4 Å². The molecule has 1 N–H and O–H groups in total. The van der Waals surface area contributed by atoms with Gasteiger partial charge < -0.3 is 14.4 Å². The van der Waals surface area contributed by atoms with Crippen molar-refractivity contribution in [1.82, 2.24) is 14.5 Å². The van der Waals surface area contributed by atoms with Crippen molar-refractivity contribution in [3.63, 3.8) is 0 Å². The van der Waals surface area contributed by atoms with Crippen molar-refractivity contribution >= 4 is 27.5 Å². The van der Waals surface area contributed by atoms with Gasteiger partial charge >= 0.3 is 0 Å². The zero-order valence-electron chi connectivity index (χ0n) is 20.0. The highest BCUT2D eigenvalue weighted by atomic mass is 32.2. The van der Waals surface area contributed by atoms with Gasteiger partial charge in [-0.05, 0) is 56.1 Å². The number of piperazine rings is 1. The van der Waals surface area contributed by atoms with Crippen LogP contribution in [0.15, 0.2) is 47.5 Å². The molecule has 1 saturated carbocycles. The van der Waals surface area contributed by atoms with Gasteiger partial charge in [-0.3, -0.25) is 14.4 Å². The molecule has 186 valence electrons. The predicted molar refractivity (Wildman–Crippen MR) is 133 cm³/mol. The Kier molecular flexibility index (Phi) is 6.18. The molecule has 5 rings (SSSR count). The fraction of sp³-hybridized carbons (Fsp3) is 0.440. The third kappa shape index (κ3) is 5.13. The third-order valence-corrected chi connectivity index (χ3v) is 7.49. The lowest BCUT2D eigenvalue weighted by Gasteiger charge is -2.37. The van der Waals surface area contributed by atoms with E-state index in [9.17, 15) is 13.2 Å². The number of amidine groups is 1. The Morgan fingerprint density at radius 2 is 1.86 bits per heavy atom. The van der Waals surface area contributed by atoms with Crippen LogP contribution in [0.5, 0.6) is 17.2 Å². The third-order valence-electron chi connectivity index (χ3n) is 6.93. The lowest BCUT2D eigenvalue weighted by molar-refractivity contribution is -0.124. The number of sulfonamides is 1. The molecule has 2 aliphatic heterocycles. The van der Waals surface area contributed by atoms with Crippen LogP contribution in [-0.2, 0) is 14.8 Å². The summed E-state index contributed by atoms with van der Waals surface area (Å²) in [6.45, 7) is 3.96. The molecule has 0 atom stereocenters. The second-order valence-electron chi connectivity index (χ2n) is 9.43. The van der Waals surface area contributed by atoms with E-state index in [4.69, 9.17) is 14.5 Å². The molecule has 0 aromatic heterocycles. The van der Waals surface area contributed by atoms with Crippen molar-refractivity contribution in [2.45, 2.75) is 19.3 Å². The topological polar surface area (TPSA) is 101 Å². The highest BCUT2D eigenvalue weighted by Crippen LogP contribution is 2.49. The zero-order valence-corrected chi connectivity index (χ0v) is 20.8. The molecule has 1 amide bonds. The Hall–Kier alpha value is -3.11. The first-order valence-corrected chi connectivity index (χ1v) is 13.7. The van der Waals surface area contributed by atoms with Gasteiger partial charge in [0.15, 0.2) is 5.75 Å². The van der Waals surface area contributed by atoms with Gasteiger partial charge in [-0.15, -0.1) is 0 Å². The van der Waals surface area contributed by atoms with E-state index in [-0.39, 0.29) is 5.91 Å². The zero-order chi connectivity index (χ0) is 24.6. The van der Waals surface area contributed by atoms with Crippen LogP contribution in [0.3, 0.4) is 0 Å². The smallest absolute Gasteiger partial charge is 0.239 e. The maximum Gasteiger partial charge on any atom is 0.239 e. The summed E-state index contributed by atoms with van der Waals surface area (Å²) in [5.41, 5.74) is 1.14. The fourth-order valence-electron chi connectivity index (χ4n) is 4.64. The van der Waals surface area contributed by atoms with Crippen molar-refractivity contribution in [3.8, 4) is 17.2 Å². The van der Waals surface area contributed by atoms with Crippen LogP contribution in [0.2, 0.25) is 0 Å². The van der Waals surface area contributed by atoms with Crippen molar-refractivity contribution in [2.75, 3.05) is 46.1 Å². The van der Waals surface area contributed by atoms with Crippen LogP contribution >= 0.6 is 0 Å². The normalized spacial score (nSPS) is 18.9. The van der Waals surface area contributed by atoms with Gasteiger partial charge in [0.25, 0.3) is 0 Å². The maximum absolute atomic E-state index is 12.4. The van der Waals surface area contributed by atoms with E-state index in [2.05, 4.69) is 14.5 Å². The Bertz CT molecular complexity index is 1260. The Labute approximate surface area is 205 Å². The van der Waals surface area contributed by atoms with Crippen LogP contribution in [0.4, 0.5) is 5.69 Å². The fourth-order valence-corrected chi connectivity index (χ4v) is 5.20. The van der Waals surface area contributed by atoms with Gasteiger partial charge in [-0.1, -0.05) is 12.1 Å². The van der Waals surface area contributed by atoms with E-state index in [0.717, 1.165) is 86.2 Å². The lowest BCUT2D eigenvalue weighted by atomic mass is 10.0. The summed E-state index contributed by atoms with van der Waals surface area (Å²) in [7, 11) is -1.89. The van der Waals surface area contributed by atoms with Crippen molar-refractivity contribution < 1.29 is 22.7 Å². The molecule has 1 aliphatic carbocycles. The number of benzene rings is 2. The van der Waals surface area contributed by atoms with E-state index in [0.29, 0.717) is 6.42 Å². The number of carbonyl (C=O) groups excluding carboxylic acids is 1. The first kappa shape index (κ1) is 23.6. The van der Waals surface area contributed by atoms with Gasteiger partial charge in [0.05, 0.1) is 24.3 Å². The standard InChI is InChI=1S/C25H30N4O5S/c1-33-18-7-8-21-19(17-18)23(26-20-5-3-4-6-22(20)34-21)29-15-13-28(14-16-29)12-11-25(9-10-25)24(30)27-35(2,31)32/h3-8,17H,9-16H2,1-2H3,(H,27,30). The molecule has 2 aromatic carbocycles. The summed E-state index contributed by atoms with van der Waals surface area (Å²) in [6, 6.07) is 13.5. The summed E-state index contributed by atoms with van der Waals surface area (Å²) < 4.78 is 36.7. The van der Waals surface area contributed by atoms with Crippen molar-refractivity contribution in [1.29, 1.82) is 0 Å². The highest BCUT2D eigenvalue weighted by molar-refractivity contribution is 7.89. The van der Waals surface area contributed by atoms with Crippen LogP contribution < -0.4 is 14.2 Å². The number of nitrogens with one attached hydrogen (secondary N) is 1. The number of rotatable bonds is 6. The maximum atomic E-state index is 12.4. The Morgan fingerprint density at radius 1 is 1.11 bits per heavy atom. The number of para-hydroxylation sites is 2. The molecular weight excluding hydrogens is 468 g/mol. The van der Waals surface area contributed by atoms with Crippen LogP contribution in [0.1, 0.15) is 24.8 Å². The van der Waals surface area contributed by atoms with E-state index in [1.54, 1.807) is 7.11 Å². The van der Waals surface area contributed by atoms with Gasteiger partial charge in [-0.25, -0.2) is 13.4 Å². The molecule has 0 bridgehead atoms. The average molecular weight is 499 g/mol. The molecule has 3 aliphatic rings. The quantitative estimate of drug-likeness (QED) is 0.654. The SMILES string of the molecule is COc1ccc2c(c1)C(N1CCN(CCC3(C(=O)NS(C)(=O)=O)CC3)CC1)=Nc1ccccc1O2. The van der Waals surface area contributed by atoms with E-state index in [1.165, 1.54) is 0 Å². The predicted octanol–water partition coefficient (Wildman–Crippen LogP) is 2.74. The molecule has 10 heteroatoms. The van der Waals surface area contributed by atoms with Gasteiger partial charge in [0.2, 0.25) is 15.9 Å². The number of aliphatic imine (C=N–C) groups is 1. The molecule has 0 unspecified atom stereocenters. The van der Waals surface area contributed by atoms with Gasteiger partial charge in [0, 0.05) is 26.2 Å². The summed E-state index contributed by atoms with van der Waals surface area (Å²) in [5.74, 6) is 2.69.